The van der Waals surface area contributed by atoms with E-state index in [1.165, 1.54) is 0 Å². The van der Waals surface area contributed by atoms with Crippen LogP contribution in [0.1, 0.15) is 37.8 Å². The fourth-order valence-electron chi connectivity index (χ4n) is 3.27. The first-order valence-corrected chi connectivity index (χ1v) is 10.2. The molecular weight excluding hydrogens is 390 g/mol. The number of benzene rings is 2. The number of imidazole rings is 1. The number of anilines is 1. The Morgan fingerprint density at radius 2 is 1.87 bits per heavy atom. The van der Waals surface area contributed by atoms with Crippen molar-refractivity contribution in [2.75, 3.05) is 11.4 Å². The molecule has 1 aromatic heterocycles. The molecule has 0 fully saturated rings. The van der Waals surface area contributed by atoms with Gasteiger partial charge in [-0.1, -0.05) is 30.3 Å². The van der Waals surface area contributed by atoms with E-state index in [0.717, 1.165) is 16.9 Å². The van der Waals surface area contributed by atoms with Gasteiger partial charge in [0, 0.05) is 43.2 Å². The van der Waals surface area contributed by atoms with Crippen molar-refractivity contribution in [3.63, 3.8) is 0 Å². The molecule has 158 valence electrons. The van der Waals surface area contributed by atoms with Crippen LogP contribution in [-0.2, 0) is 9.59 Å². The lowest BCUT2D eigenvalue weighted by molar-refractivity contribution is -0.125. The van der Waals surface area contributed by atoms with Gasteiger partial charge in [0.05, 0.1) is 24.9 Å². The molecular formula is C24H25N5O2. The summed E-state index contributed by atoms with van der Waals surface area (Å²) < 4.78 is 1.91. The number of carbonyl (C=O) groups excluding carboxylic acids is 2. The molecule has 2 amide bonds. The molecule has 3 aromatic rings. The average Bonchev–Trinajstić information content (AvgIpc) is 3.34. The van der Waals surface area contributed by atoms with Gasteiger partial charge < -0.3 is 14.8 Å². The van der Waals surface area contributed by atoms with Crippen molar-refractivity contribution in [1.82, 2.24) is 14.9 Å². The maximum Gasteiger partial charge on any atom is 0.227 e. The third kappa shape index (κ3) is 6.03. The van der Waals surface area contributed by atoms with Crippen molar-refractivity contribution in [3.05, 3.63) is 78.9 Å². The molecule has 1 unspecified atom stereocenters. The van der Waals surface area contributed by atoms with E-state index in [4.69, 9.17) is 5.26 Å². The van der Waals surface area contributed by atoms with Crippen molar-refractivity contribution in [3.8, 4) is 11.8 Å². The lowest BCUT2D eigenvalue weighted by Crippen LogP contribution is -2.33. The fraction of sp³-hybridized carbons (Fsp3) is 0.250. The largest absolute Gasteiger partial charge is 0.350 e. The first-order valence-electron chi connectivity index (χ1n) is 10.2. The molecule has 0 bridgehead atoms. The molecule has 0 aliphatic heterocycles. The van der Waals surface area contributed by atoms with Crippen LogP contribution in [0.2, 0.25) is 0 Å². The minimum atomic E-state index is -0.187. The summed E-state index contributed by atoms with van der Waals surface area (Å²) in [5.74, 6) is -0.359. The summed E-state index contributed by atoms with van der Waals surface area (Å²) in [4.78, 5) is 30.7. The molecule has 1 N–H and O–H groups in total. The highest BCUT2D eigenvalue weighted by atomic mass is 16.2. The summed E-state index contributed by atoms with van der Waals surface area (Å²) in [6, 6.07) is 19.0. The molecule has 0 spiro atoms. The first-order chi connectivity index (χ1) is 15.1. The molecule has 0 saturated carbocycles. The maximum atomic E-state index is 12.7. The molecule has 3 rings (SSSR count). The minimum absolute atomic E-state index is 0.0818. The number of rotatable bonds is 9. The van der Waals surface area contributed by atoms with Gasteiger partial charge in [-0.05, 0) is 36.8 Å². The quantitative estimate of drug-likeness (QED) is 0.576. The van der Waals surface area contributed by atoms with Crippen molar-refractivity contribution in [2.45, 2.75) is 32.2 Å². The lowest BCUT2D eigenvalue weighted by atomic mass is 10.1. The Bertz CT molecular complexity index is 1020. The molecule has 7 heteroatoms. The van der Waals surface area contributed by atoms with Gasteiger partial charge in [0.15, 0.2) is 0 Å². The zero-order valence-corrected chi connectivity index (χ0v) is 17.4. The van der Waals surface area contributed by atoms with E-state index in [-0.39, 0.29) is 37.1 Å². The van der Waals surface area contributed by atoms with Gasteiger partial charge in [-0.2, -0.15) is 5.26 Å². The van der Waals surface area contributed by atoms with E-state index in [0.29, 0.717) is 6.54 Å². The molecule has 31 heavy (non-hydrogen) atoms. The Morgan fingerprint density at radius 1 is 1.13 bits per heavy atom. The summed E-state index contributed by atoms with van der Waals surface area (Å²) in [5.41, 5.74) is 2.70. The third-order valence-electron chi connectivity index (χ3n) is 4.96. The van der Waals surface area contributed by atoms with Crippen LogP contribution in [-0.4, -0.2) is 27.9 Å². The number of nitrogens with one attached hydrogen (secondary N) is 1. The van der Waals surface area contributed by atoms with Crippen LogP contribution in [0.3, 0.4) is 0 Å². The number of hydrogen-bond donors (Lipinski definition) is 1. The molecule has 1 atom stereocenters. The van der Waals surface area contributed by atoms with Gasteiger partial charge in [0.25, 0.3) is 0 Å². The standard InChI is InChI=1S/C24H25N5O2/c1-19(20-8-10-21(11-9-20)28-17-15-26-18-28)27-23(30)12-13-24(31)29(16-5-14-25)22-6-3-2-4-7-22/h2-4,6-11,15,17-19H,5,12-13,16H2,1H3,(H,27,30). The number of para-hydroxylation sites is 1. The lowest BCUT2D eigenvalue weighted by Gasteiger charge is -2.22. The SMILES string of the molecule is CC(NC(=O)CCC(=O)N(CCC#N)c1ccccc1)c1ccc(-n2ccnc2)cc1. The summed E-state index contributed by atoms with van der Waals surface area (Å²) in [7, 11) is 0. The molecule has 7 nitrogen and oxygen atoms in total. The highest BCUT2D eigenvalue weighted by Crippen LogP contribution is 2.17. The van der Waals surface area contributed by atoms with Gasteiger partial charge >= 0.3 is 0 Å². The first kappa shape index (κ1) is 21.8. The van der Waals surface area contributed by atoms with Crippen LogP contribution in [0.25, 0.3) is 5.69 Å². The highest BCUT2D eigenvalue weighted by Gasteiger charge is 2.17. The van der Waals surface area contributed by atoms with Crippen molar-refractivity contribution in [2.24, 2.45) is 0 Å². The number of carbonyl (C=O) groups is 2. The van der Waals surface area contributed by atoms with Gasteiger partial charge in [-0.25, -0.2) is 4.98 Å². The number of hydrogen-bond acceptors (Lipinski definition) is 4. The van der Waals surface area contributed by atoms with Crippen molar-refractivity contribution < 1.29 is 9.59 Å². The van der Waals surface area contributed by atoms with Crippen molar-refractivity contribution >= 4 is 17.5 Å². The van der Waals surface area contributed by atoms with E-state index in [1.807, 2.05) is 72.3 Å². The second-order valence-electron chi connectivity index (χ2n) is 7.14. The Morgan fingerprint density at radius 3 is 2.52 bits per heavy atom. The molecule has 1 heterocycles. The minimum Gasteiger partial charge on any atom is -0.350 e. The molecule has 0 radical (unpaired) electrons. The summed E-state index contributed by atoms with van der Waals surface area (Å²) in [6.07, 6.45) is 5.72. The molecule has 0 saturated heterocycles. The second kappa shape index (κ2) is 10.7. The predicted octanol–water partition coefficient (Wildman–Crippen LogP) is 3.78. The predicted molar refractivity (Wildman–Crippen MR) is 118 cm³/mol. The molecule has 0 aliphatic carbocycles. The number of nitriles is 1. The average molecular weight is 415 g/mol. The smallest absolute Gasteiger partial charge is 0.227 e. The second-order valence-corrected chi connectivity index (χ2v) is 7.14. The van der Waals surface area contributed by atoms with E-state index in [9.17, 15) is 9.59 Å². The van der Waals surface area contributed by atoms with E-state index < -0.39 is 0 Å². The van der Waals surface area contributed by atoms with Crippen LogP contribution in [0.5, 0.6) is 0 Å². The molecule has 0 aliphatic rings. The van der Waals surface area contributed by atoms with Crippen LogP contribution in [0, 0.1) is 11.3 Å². The van der Waals surface area contributed by atoms with E-state index in [2.05, 4.69) is 16.4 Å². The normalized spacial score (nSPS) is 11.4. The van der Waals surface area contributed by atoms with Gasteiger partial charge in [-0.3, -0.25) is 9.59 Å². The van der Waals surface area contributed by atoms with Gasteiger partial charge in [-0.15, -0.1) is 0 Å². The monoisotopic (exact) mass is 415 g/mol. The van der Waals surface area contributed by atoms with Gasteiger partial charge in [0.2, 0.25) is 11.8 Å². The Hall–Kier alpha value is -3.92. The Balaban J connectivity index is 1.53. The van der Waals surface area contributed by atoms with E-state index in [1.54, 1.807) is 17.4 Å². The number of amides is 2. The Labute approximate surface area is 181 Å². The van der Waals surface area contributed by atoms with Crippen LogP contribution < -0.4 is 10.2 Å². The van der Waals surface area contributed by atoms with Crippen LogP contribution >= 0.6 is 0 Å². The number of nitrogens with zero attached hydrogens (tertiary/aromatic N) is 4. The highest BCUT2D eigenvalue weighted by molar-refractivity contribution is 5.95. The number of aromatic nitrogens is 2. The van der Waals surface area contributed by atoms with Crippen LogP contribution in [0.4, 0.5) is 5.69 Å². The Kier molecular flexibility index (Phi) is 7.55. The van der Waals surface area contributed by atoms with Crippen LogP contribution in [0.15, 0.2) is 73.3 Å². The zero-order chi connectivity index (χ0) is 22.1. The summed E-state index contributed by atoms with van der Waals surface area (Å²) in [6.45, 7) is 2.22. The zero-order valence-electron chi connectivity index (χ0n) is 17.4. The molecule has 2 aromatic carbocycles. The third-order valence-corrected chi connectivity index (χ3v) is 4.96. The fourth-order valence-corrected chi connectivity index (χ4v) is 3.27. The van der Waals surface area contributed by atoms with Gasteiger partial charge in [0.1, 0.15) is 0 Å². The summed E-state index contributed by atoms with van der Waals surface area (Å²) >= 11 is 0. The maximum absolute atomic E-state index is 12.7. The van der Waals surface area contributed by atoms with Crippen molar-refractivity contribution in [1.29, 1.82) is 5.26 Å². The van der Waals surface area contributed by atoms with E-state index >= 15 is 0 Å². The summed E-state index contributed by atoms with van der Waals surface area (Å²) in [5, 5.41) is 11.8. The topological polar surface area (TPSA) is 91.0 Å².